The lowest BCUT2D eigenvalue weighted by molar-refractivity contribution is 0.102. The highest BCUT2D eigenvalue weighted by molar-refractivity contribution is 6.05. The average molecular weight is 325 g/mol. The number of nitrogens with one attached hydrogen (secondary N) is 2. The molecule has 24 heavy (non-hydrogen) atoms. The number of phenolic OH excluding ortho intramolecular Hbond substituents is 1. The van der Waals surface area contributed by atoms with Gasteiger partial charge in [0.05, 0.1) is 0 Å². The molecule has 3 N–H and O–H groups in total. The molecule has 126 valence electrons. The minimum Gasteiger partial charge on any atom is -0.508 e. The summed E-state index contributed by atoms with van der Waals surface area (Å²) in [6, 6.07) is 13.7. The van der Waals surface area contributed by atoms with Crippen LogP contribution in [0.5, 0.6) is 5.75 Å². The van der Waals surface area contributed by atoms with Crippen LogP contribution in [0.2, 0.25) is 0 Å². The van der Waals surface area contributed by atoms with Crippen molar-refractivity contribution in [3.8, 4) is 5.75 Å². The van der Waals surface area contributed by atoms with Gasteiger partial charge in [0.1, 0.15) is 5.75 Å². The standard InChI is InChI=1S/C19H23N3O2/c1-13(22(2)3)12-18(20)14-4-8-16(9-5-14)21-19(24)15-6-10-17(23)11-7-15/h4-11,13,20,23H,12H2,1-3H3,(H,21,24). The fourth-order valence-electron chi connectivity index (χ4n) is 2.17. The zero-order chi connectivity index (χ0) is 17.7. The van der Waals surface area contributed by atoms with Crippen molar-refractivity contribution in [2.45, 2.75) is 19.4 Å². The Labute approximate surface area is 142 Å². The molecule has 1 atom stereocenters. The quantitative estimate of drug-likeness (QED) is 0.713. The second-order valence-electron chi connectivity index (χ2n) is 6.07. The highest BCUT2D eigenvalue weighted by Gasteiger charge is 2.10. The van der Waals surface area contributed by atoms with E-state index >= 15 is 0 Å². The Morgan fingerprint density at radius 3 is 2.17 bits per heavy atom. The molecule has 2 aromatic carbocycles. The topological polar surface area (TPSA) is 76.4 Å². The smallest absolute Gasteiger partial charge is 0.255 e. The first-order valence-electron chi connectivity index (χ1n) is 7.81. The van der Waals surface area contributed by atoms with E-state index in [1.807, 2.05) is 26.2 Å². The van der Waals surface area contributed by atoms with E-state index in [1.54, 1.807) is 24.3 Å². The molecule has 0 fully saturated rings. The second kappa shape index (κ2) is 7.75. The minimum atomic E-state index is -0.237. The van der Waals surface area contributed by atoms with E-state index in [4.69, 9.17) is 5.41 Å². The maximum Gasteiger partial charge on any atom is 0.255 e. The van der Waals surface area contributed by atoms with Gasteiger partial charge in [-0.3, -0.25) is 4.79 Å². The minimum absolute atomic E-state index is 0.126. The van der Waals surface area contributed by atoms with Gasteiger partial charge in [0.15, 0.2) is 0 Å². The van der Waals surface area contributed by atoms with Crippen LogP contribution in [0, 0.1) is 5.41 Å². The molecule has 1 unspecified atom stereocenters. The zero-order valence-electron chi connectivity index (χ0n) is 14.2. The lowest BCUT2D eigenvalue weighted by atomic mass is 10.0. The number of carbonyl (C=O) groups excluding carboxylic acids is 1. The molecule has 0 aliphatic rings. The average Bonchev–Trinajstić information content (AvgIpc) is 2.55. The molecule has 0 aromatic heterocycles. The molecule has 0 radical (unpaired) electrons. The number of carbonyl (C=O) groups is 1. The van der Waals surface area contributed by atoms with Gasteiger partial charge in [-0.15, -0.1) is 0 Å². The third-order valence-corrected chi connectivity index (χ3v) is 4.00. The van der Waals surface area contributed by atoms with Gasteiger partial charge in [0.2, 0.25) is 0 Å². The Morgan fingerprint density at radius 1 is 1.08 bits per heavy atom. The van der Waals surface area contributed by atoms with Gasteiger partial charge < -0.3 is 20.7 Å². The predicted molar refractivity (Wildman–Crippen MR) is 97.1 cm³/mol. The second-order valence-corrected chi connectivity index (χ2v) is 6.07. The van der Waals surface area contributed by atoms with Gasteiger partial charge in [0.25, 0.3) is 5.91 Å². The number of phenols is 1. The third-order valence-electron chi connectivity index (χ3n) is 4.00. The Balaban J connectivity index is 2.00. The summed E-state index contributed by atoms with van der Waals surface area (Å²) in [6.07, 6.45) is 0.673. The van der Waals surface area contributed by atoms with Gasteiger partial charge in [-0.1, -0.05) is 12.1 Å². The lowest BCUT2D eigenvalue weighted by Crippen LogP contribution is -2.27. The fraction of sp³-hybridized carbons (Fsp3) is 0.263. The van der Waals surface area contributed by atoms with Gasteiger partial charge in [-0.25, -0.2) is 0 Å². The first kappa shape index (κ1) is 17.7. The summed E-state index contributed by atoms with van der Waals surface area (Å²) in [5.74, 6) is -0.111. The van der Waals surface area contributed by atoms with Gasteiger partial charge in [-0.2, -0.15) is 0 Å². The van der Waals surface area contributed by atoms with Gasteiger partial charge in [0, 0.05) is 29.4 Å². The number of anilines is 1. The summed E-state index contributed by atoms with van der Waals surface area (Å²) >= 11 is 0. The number of hydrogen-bond acceptors (Lipinski definition) is 4. The maximum atomic E-state index is 12.1. The molecule has 0 aliphatic carbocycles. The van der Waals surface area contributed by atoms with E-state index < -0.39 is 0 Å². The van der Waals surface area contributed by atoms with Crippen molar-refractivity contribution in [2.75, 3.05) is 19.4 Å². The summed E-state index contributed by atoms with van der Waals surface area (Å²) in [6.45, 7) is 2.08. The van der Waals surface area contributed by atoms with Crippen molar-refractivity contribution < 1.29 is 9.90 Å². The lowest BCUT2D eigenvalue weighted by Gasteiger charge is -2.20. The highest BCUT2D eigenvalue weighted by Crippen LogP contribution is 2.15. The van der Waals surface area contributed by atoms with E-state index in [2.05, 4.69) is 17.1 Å². The Bertz CT molecular complexity index is 706. The molecule has 0 spiro atoms. The molecule has 2 rings (SSSR count). The normalized spacial score (nSPS) is 12.0. The molecular formula is C19H23N3O2. The van der Waals surface area contributed by atoms with Crippen molar-refractivity contribution in [3.05, 3.63) is 59.7 Å². The predicted octanol–water partition coefficient (Wildman–Crippen LogP) is 3.35. The highest BCUT2D eigenvalue weighted by atomic mass is 16.3. The number of amides is 1. The molecule has 0 saturated heterocycles. The van der Waals surface area contributed by atoms with Crippen molar-refractivity contribution >= 4 is 17.3 Å². The van der Waals surface area contributed by atoms with Crippen molar-refractivity contribution in [1.29, 1.82) is 5.41 Å². The largest absolute Gasteiger partial charge is 0.508 e. The number of hydrogen-bond donors (Lipinski definition) is 3. The van der Waals surface area contributed by atoms with E-state index in [1.165, 1.54) is 12.1 Å². The van der Waals surface area contributed by atoms with Crippen molar-refractivity contribution in [1.82, 2.24) is 4.90 Å². The number of benzene rings is 2. The van der Waals surface area contributed by atoms with Crippen LogP contribution < -0.4 is 5.32 Å². The molecule has 1 amide bonds. The Morgan fingerprint density at radius 2 is 1.62 bits per heavy atom. The van der Waals surface area contributed by atoms with E-state index in [0.29, 0.717) is 29.4 Å². The first-order valence-corrected chi connectivity index (χ1v) is 7.81. The zero-order valence-corrected chi connectivity index (χ0v) is 14.2. The van der Waals surface area contributed by atoms with E-state index in [0.717, 1.165) is 5.56 Å². The molecule has 0 saturated carbocycles. The summed E-state index contributed by atoms with van der Waals surface area (Å²) < 4.78 is 0. The SMILES string of the molecule is CC(CC(=N)c1ccc(NC(=O)c2ccc(O)cc2)cc1)N(C)C. The van der Waals surface area contributed by atoms with Crippen molar-refractivity contribution in [3.63, 3.8) is 0 Å². The molecule has 2 aromatic rings. The molecule has 0 aliphatic heterocycles. The number of rotatable bonds is 6. The molecule has 5 heteroatoms. The van der Waals surface area contributed by atoms with Crippen LogP contribution >= 0.6 is 0 Å². The van der Waals surface area contributed by atoms with Crippen LogP contribution in [0.15, 0.2) is 48.5 Å². The van der Waals surface area contributed by atoms with Crippen LogP contribution in [-0.2, 0) is 0 Å². The van der Waals surface area contributed by atoms with Crippen LogP contribution in [0.4, 0.5) is 5.69 Å². The van der Waals surface area contributed by atoms with Crippen LogP contribution in [0.1, 0.15) is 29.3 Å². The van der Waals surface area contributed by atoms with E-state index in [9.17, 15) is 9.90 Å². The maximum absolute atomic E-state index is 12.1. The molecular weight excluding hydrogens is 302 g/mol. The monoisotopic (exact) mass is 325 g/mol. The summed E-state index contributed by atoms with van der Waals surface area (Å²) in [5.41, 5.74) is 2.58. The van der Waals surface area contributed by atoms with Crippen molar-refractivity contribution in [2.24, 2.45) is 0 Å². The van der Waals surface area contributed by atoms with Crippen LogP contribution in [0.3, 0.4) is 0 Å². The molecule has 5 nitrogen and oxygen atoms in total. The number of nitrogens with zero attached hydrogens (tertiary/aromatic N) is 1. The van der Waals surface area contributed by atoms with Gasteiger partial charge in [-0.05, 0) is 63.0 Å². The fourth-order valence-corrected chi connectivity index (χ4v) is 2.17. The summed E-state index contributed by atoms with van der Waals surface area (Å²) in [4.78, 5) is 14.2. The van der Waals surface area contributed by atoms with Gasteiger partial charge >= 0.3 is 0 Å². The first-order chi connectivity index (χ1) is 11.4. The summed E-state index contributed by atoms with van der Waals surface area (Å²) in [5, 5.41) is 20.2. The summed E-state index contributed by atoms with van der Waals surface area (Å²) in [7, 11) is 4.00. The molecule has 0 heterocycles. The third kappa shape index (κ3) is 4.67. The van der Waals surface area contributed by atoms with E-state index in [-0.39, 0.29) is 11.7 Å². The van der Waals surface area contributed by atoms with Crippen LogP contribution in [-0.4, -0.2) is 41.8 Å². The Kier molecular flexibility index (Phi) is 5.71. The number of aromatic hydroxyl groups is 1. The van der Waals surface area contributed by atoms with Crippen LogP contribution in [0.25, 0.3) is 0 Å². The Hall–Kier alpha value is -2.66. The molecule has 0 bridgehead atoms.